The number of nitrogens with zero attached hydrogens (tertiary/aromatic N) is 1. The summed E-state index contributed by atoms with van der Waals surface area (Å²) in [5.41, 5.74) is 0.744. The molecule has 23 heavy (non-hydrogen) atoms. The van der Waals surface area contributed by atoms with Crippen molar-refractivity contribution in [1.29, 1.82) is 0 Å². The lowest BCUT2D eigenvalue weighted by atomic mass is 9.81. The van der Waals surface area contributed by atoms with Crippen molar-refractivity contribution >= 4 is 13.8 Å². The van der Waals surface area contributed by atoms with E-state index >= 15 is 0 Å². The largest absolute Gasteiger partial charge is 0.427 e. The van der Waals surface area contributed by atoms with Crippen LogP contribution in [-0.4, -0.2) is 38.9 Å². The fourth-order valence-electron chi connectivity index (χ4n) is 2.34. The van der Waals surface area contributed by atoms with E-state index in [9.17, 15) is 4.79 Å². The van der Waals surface area contributed by atoms with E-state index in [0.29, 0.717) is 5.75 Å². The van der Waals surface area contributed by atoms with Crippen LogP contribution in [0.5, 0.6) is 5.75 Å². The number of esters is 1. The van der Waals surface area contributed by atoms with Crippen molar-refractivity contribution in [1.82, 2.24) is 4.90 Å². The Kier molecular flexibility index (Phi) is 6.89. The van der Waals surface area contributed by atoms with Gasteiger partial charge in [0.1, 0.15) is 5.75 Å². The third-order valence-electron chi connectivity index (χ3n) is 3.70. The second kappa shape index (κ2) is 9.16. The van der Waals surface area contributed by atoms with E-state index < -0.39 is 11.8 Å². The molecule has 0 aliphatic carbocycles. The van der Waals surface area contributed by atoms with Gasteiger partial charge in [0.15, 0.2) is 0 Å². The van der Waals surface area contributed by atoms with Gasteiger partial charge in [-0.05, 0) is 50.7 Å². The van der Waals surface area contributed by atoms with E-state index in [0.717, 1.165) is 5.56 Å². The molecule has 1 heterocycles. The number of carbonyl (C=O) groups is 1. The highest BCUT2D eigenvalue weighted by Crippen LogP contribution is 2.16. The molecule has 1 atom stereocenters. The lowest BCUT2D eigenvalue weighted by molar-refractivity contribution is -0.134. The number of carbonyl (C=O) groups excluding carboxylic acids is 1. The number of para-hydroxylation sites is 1. The van der Waals surface area contributed by atoms with Crippen LogP contribution in [-0.2, 0) is 4.79 Å². The Balaban J connectivity index is 0.000000268. The van der Waals surface area contributed by atoms with Crippen molar-refractivity contribution in [2.45, 2.75) is 18.7 Å². The average molecular weight is 307 g/mol. The Hall–Kier alpha value is -2.07. The second-order valence-corrected chi connectivity index (χ2v) is 5.63. The monoisotopic (exact) mass is 307 g/mol. The van der Waals surface area contributed by atoms with Gasteiger partial charge in [-0.25, -0.2) is 0 Å². The summed E-state index contributed by atoms with van der Waals surface area (Å²) in [5, 5.41) is 0. The molecule has 0 saturated carbocycles. The second-order valence-electron chi connectivity index (χ2n) is 5.63. The van der Waals surface area contributed by atoms with Gasteiger partial charge in [0.05, 0.1) is 7.85 Å². The molecule has 4 heteroatoms. The van der Waals surface area contributed by atoms with Crippen molar-refractivity contribution in [3.05, 3.63) is 66.2 Å². The standard InChI is InChI=1S/C14H11BO2.C5H11N/c15-13(11-7-3-1-4-8-11)14(16)17-12-9-5-2-6-10-12;1-6-4-2-3-5-6/h1-10,13H;2-5H2,1H3/t13-;/m1./s1. The highest BCUT2D eigenvalue weighted by Gasteiger charge is 2.16. The number of likely N-dealkylation sites (tertiary alicyclic amines) is 1. The van der Waals surface area contributed by atoms with Gasteiger partial charge < -0.3 is 9.64 Å². The molecule has 0 bridgehead atoms. The van der Waals surface area contributed by atoms with Crippen molar-refractivity contribution in [2.75, 3.05) is 20.1 Å². The van der Waals surface area contributed by atoms with Crippen LogP contribution in [0.1, 0.15) is 24.2 Å². The van der Waals surface area contributed by atoms with Gasteiger partial charge >= 0.3 is 5.97 Å². The van der Waals surface area contributed by atoms with Crippen LogP contribution in [0.25, 0.3) is 0 Å². The van der Waals surface area contributed by atoms with E-state index in [1.165, 1.54) is 25.9 Å². The molecule has 2 aromatic carbocycles. The van der Waals surface area contributed by atoms with Crippen molar-refractivity contribution in [3.8, 4) is 5.75 Å². The molecule has 0 spiro atoms. The van der Waals surface area contributed by atoms with E-state index in [4.69, 9.17) is 12.6 Å². The van der Waals surface area contributed by atoms with Crippen LogP contribution in [0.15, 0.2) is 60.7 Å². The smallest absolute Gasteiger partial charge is 0.309 e. The number of hydrogen-bond donors (Lipinski definition) is 0. The number of ether oxygens (including phenoxy) is 1. The molecule has 0 amide bonds. The number of benzene rings is 2. The summed E-state index contributed by atoms with van der Waals surface area (Å²) >= 11 is 0. The van der Waals surface area contributed by atoms with Gasteiger partial charge in [0, 0.05) is 5.82 Å². The first-order valence-corrected chi connectivity index (χ1v) is 7.92. The zero-order valence-electron chi connectivity index (χ0n) is 13.5. The molecule has 0 unspecified atom stereocenters. The molecule has 1 aliphatic heterocycles. The van der Waals surface area contributed by atoms with Crippen LogP contribution in [0.4, 0.5) is 0 Å². The molecule has 118 valence electrons. The summed E-state index contributed by atoms with van der Waals surface area (Å²) < 4.78 is 5.17. The molecular formula is C19H22BNO2. The summed E-state index contributed by atoms with van der Waals surface area (Å²) in [6.07, 6.45) is 2.83. The summed E-state index contributed by atoms with van der Waals surface area (Å²) in [4.78, 5) is 14.1. The molecule has 0 aromatic heterocycles. The Labute approximate surface area is 139 Å². The normalized spacial score (nSPS) is 15.3. The third kappa shape index (κ3) is 5.91. The average Bonchev–Trinajstić information content (AvgIpc) is 3.07. The first kappa shape index (κ1) is 17.3. The van der Waals surface area contributed by atoms with Crippen molar-refractivity contribution in [3.63, 3.8) is 0 Å². The van der Waals surface area contributed by atoms with E-state index in [1.54, 1.807) is 36.4 Å². The SMILES string of the molecule is CN1CCCC1.[B][C@@H](C(=O)Oc1ccccc1)c1ccccc1. The minimum atomic E-state index is -0.753. The Morgan fingerprint density at radius 2 is 1.52 bits per heavy atom. The first-order valence-electron chi connectivity index (χ1n) is 7.92. The summed E-state index contributed by atoms with van der Waals surface area (Å²) in [6.45, 7) is 2.64. The van der Waals surface area contributed by atoms with Gasteiger partial charge in [-0.1, -0.05) is 48.5 Å². The van der Waals surface area contributed by atoms with Crippen molar-refractivity contribution < 1.29 is 9.53 Å². The molecule has 2 radical (unpaired) electrons. The van der Waals surface area contributed by atoms with Crippen LogP contribution < -0.4 is 4.74 Å². The van der Waals surface area contributed by atoms with Crippen LogP contribution >= 0.6 is 0 Å². The number of hydrogen-bond acceptors (Lipinski definition) is 3. The van der Waals surface area contributed by atoms with E-state index in [-0.39, 0.29) is 0 Å². The van der Waals surface area contributed by atoms with Gasteiger partial charge in [-0.2, -0.15) is 0 Å². The molecule has 3 rings (SSSR count). The molecule has 1 aliphatic rings. The van der Waals surface area contributed by atoms with Crippen LogP contribution in [0.2, 0.25) is 0 Å². The Morgan fingerprint density at radius 1 is 1.00 bits per heavy atom. The summed E-state index contributed by atoms with van der Waals surface area (Å²) in [5.74, 6) is -0.706. The zero-order chi connectivity index (χ0) is 16.5. The molecule has 1 saturated heterocycles. The van der Waals surface area contributed by atoms with Gasteiger partial charge in [0.2, 0.25) is 0 Å². The van der Waals surface area contributed by atoms with Gasteiger partial charge in [-0.3, -0.25) is 4.79 Å². The maximum Gasteiger partial charge on any atom is 0.309 e. The van der Waals surface area contributed by atoms with Crippen LogP contribution in [0, 0.1) is 0 Å². The fraction of sp³-hybridized carbons (Fsp3) is 0.316. The predicted molar refractivity (Wildman–Crippen MR) is 93.7 cm³/mol. The highest BCUT2D eigenvalue weighted by atomic mass is 16.5. The van der Waals surface area contributed by atoms with Crippen molar-refractivity contribution in [2.24, 2.45) is 0 Å². The van der Waals surface area contributed by atoms with Gasteiger partial charge in [0.25, 0.3) is 0 Å². The lowest BCUT2D eigenvalue weighted by Crippen LogP contribution is -2.18. The molecule has 3 nitrogen and oxygen atoms in total. The third-order valence-corrected chi connectivity index (χ3v) is 3.70. The molecule has 1 fully saturated rings. The predicted octanol–water partition coefficient (Wildman–Crippen LogP) is 3.21. The maximum atomic E-state index is 11.8. The highest BCUT2D eigenvalue weighted by molar-refractivity contribution is 6.23. The fourth-order valence-corrected chi connectivity index (χ4v) is 2.34. The minimum absolute atomic E-state index is 0.456. The van der Waals surface area contributed by atoms with Gasteiger partial charge in [-0.15, -0.1) is 0 Å². The topological polar surface area (TPSA) is 29.5 Å². The summed E-state index contributed by atoms with van der Waals surface area (Å²) in [7, 11) is 7.99. The lowest BCUT2D eigenvalue weighted by Gasteiger charge is -2.11. The van der Waals surface area contributed by atoms with Crippen LogP contribution in [0.3, 0.4) is 0 Å². The van der Waals surface area contributed by atoms with E-state index in [2.05, 4.69) is 11.9 Å². The summed E-state index contributed by atoms with van der Waals surface area (Å²) in [6, 6.07) is 18.1. The Bertz CT molecular complexity index is 583. The molecular weight excluding hydrogens is 285 g/mol. The molecule has 2 aromatic rings. The quantitative estimate of drug-likeness (QED) is 0.495. The zero-order valence-corrected chi connectivity index (χ0v) is 13.5. The Morgan fingerprint density at radius 3 is 2.00 bits per heavy atom. The number of rotatable bonds is 3. The minimum Gasteiger partial charge on any atom is -0.427 e. The maximum absolute atomic E-state index is 11.8. The first-order chi connectivity index (χ1) is 11.2. The molecule has 0 N–H and O–H groups in total. The van der Waals surface area contributed by atoms with E-state index in [1.807, 2.05) is 24.3 Å².